The minimum absolute atomic E-state index is 0. The number of para-hydroxylation sites is 1. The van der Waals surface area contributed by atoms with Gasteiger partial charge in [0.15, 0.2) is 5.75 Å². The molecule has 1 aromatic heterocycles. The Kier molecular flexibility index (Phi) is 8.90. The summed E-state index contributed by atoms with van der Waals surface area (Å²) in [6.07, 6.45) is 4.22. The van der Waals surface area contributed by atoms with Crippen LogP contribution in [0.3, 0.4) is 0 Å². The number of carboxylic acid groups (broad SMARTS) is 1. The number of rotatable bonds is 3. The fourth-order valence-corrected chi connectivity index (χ4v) is 1.16. The van der Waals surface area contributed by atoms with E-state index in [9.17, 15) is 14.7 Å². The number of carbonyl (C=O) groups excluding carboxylic acids is 2. The van der Waals surface area contributed by atoms with Crippen molar-refractivity contribution in [2.75, 3.05) is 0 Å². The minimum atomic E-state index is -1.30. The van der Waals surface area contributed by atoms with Gasteiger partial charge in [0.25, 0.3) is 5.91 Å². The van der Waals surface area contributed by atoms with Gasteiger partial charge in [0.2, 0.25) is 0 Å². The summed E-state index contributed by atoms with van der Waals surface area (Å²) in [6.45, 7) is 0. The molecule has 0 aliphatic carbocycles. The molecule has 0 saturated carbocycles. The largest absolute Gasteiger partial charge is 1.00 e. The zero-order chi connectivity index (χ0) is 15.0. The fourth-order valence-electron chi connectivity index (χ4n) is 1.16. The molecule has 8 nitrogen and oxygen atoms in total. The normalized spacial score (nSPS) is 8.62. The second kappa shape index (κ2) is 9.83. The molecule has 9 heteroatoms. The third-order valence-electron chi connectivity index (χ3n) is 2.05. The number of carbonyl (C=O) groups is 2. The van der Waals surface area contributed by atoms with E-state index in [1.54, 1.807) is 12.1 Å². The Labute approximate surface area is 142 Å². The van der Waals surface area contributed by atoms with E-state index in [-0.39, 0.29) is 46.6 Å². The van der Waals surface area contributed by atoms with Crippen molar-refractivity contribution < 1.29 is 49.1 Å². The summed E-state index contributed by atoms with van der Waals surface area (Å²) in [5.74, 6) is 3.05. The number of aromatic carboxylic acids is 1. The van der Waals surface area contributed by atoms with E-state index in [1.807, 2.05) is 0 Å². The number of hydrogen-bond donors (Lipinski definition) is 2. The quantitative estimate of drug-likeness (QED) is 0.432. The van der Waals surface area contributed by atoms with Crippen molar-refractivity contribution in [3.8, 4) is 5.75 Å². The number of hydrogen-bond acceptors (Lipinski definition) is 7. The van der Waals surface area contributed by atoms with Crippen LogP contribution in [0.15, 0.2) is 42.9 Å². The molecule has 0 aliphatic heterocycles. The minimum Gasteiger partial charge on any atom is -0.545 e. The Morgan fingerprint density at radius 2 is 1.86 bits per heavy atom. The molecule has 0 unspecified atom stereocenters. The van der Waals surface area contributed by atoms with Gasteiger partial charge >= 0.3 is 29.6 Å². The van der Waals surface area contributed by atoms with Gasteiger partial charge in [-0.1, -0.05) is 12.1 Å². The molecule has 1 heterocycles. The third-order valence-corrected chi connectivity index (χ3v) is 2.05. The van der Waals surface area contributed by atoms with Gasteiger partial charge < -0.3 is 20.5 Å². The van der Waals surface area contributed by atoms with Crippen molar-refractivity contribution in [1.29, 1.82) is 0 Å². The van der Waals surface area contributed by atoms with Gasteiger partial charge in [-0.2, -0.15) is 5.90 Å². The molecule has 0 saturated heterocycles. The molecule has 0 bridgehead atoms. The Morgan fingerprint density at radius 3 is 2.24 bits per heavy atom. The van der Waals surface area contributed by atoms with Gasteiger partial charge in [-0.3, -0.25) is 9.78 Å². The first-order valence-corrected chi connectivity index (χ1v) is 5.29. The predicted octanol–water partition coefficient (Wildman–Crippen LogP) is -4.12. The molecular formula is C12H11N4NaO4. The molecule has 1 amide bonds. The summed E-state index contributed by atoms with van der Waals surface area (Å²) in [5.41, 5.74) is 5.02. The average molecular weight is 298 g/mol. The van der Waals surface area contributed by atoms with Crippen molar-refractivity contribution in [1.82, 2.24) is 9.97 Å². The van der Waals surface area contributed by atoms with Gasteiger partial charge in [0.05, 0.1) is 12.2 Å². The average Bonchev–Trinajstić information content (AvgIpc) is 2.48. The molecule has 2 rings (SSSR count). The maximum Gasteiger partial charge on any atom is 1.00 e. The Balaban J connectivity index is 0.000000370. The molecule has 104 valence electrons. The van der Waals surface area contributed by atoms with E-state index < -0.39 is 11.9 Å². The van der Waals surface area contributed by atoms with E-state index >= 15 is 0 Å². The van der Waals surface area contributed by atoms with Crippen LogP contribution in [0, 0.1) is 0 Å². The van der Waals surface area contributed by atoms with Gasteiger partial charge in [-0.05, 0) is 12.1 Å². The van der Waals surface area contributed by atoms with E-state index in [1.165, 1.54) is 30.7 Å². The molecule has 0 atom stereocenters. The topological polar surface area (TPSA) is 144 Å². The second-order valence-corrected chi connectivity index (χ2v) is 3.36. The molecule has 21 heavy (non-hydrogen) atoms. The van der Waals surface area contributed by atoms with Crippen LogP contribution in [0.2, 0.25) is 0 Å². The smallest absolute Gasteiger partial charge is 0.545 e. The first kappa shape index (κ1) is 19.0. The van der Waals surface area contributed by atoms with Crippen LogP contribution in [0.1, 0.15) is 20.8 Å². The second-order valence-electron chi connectivity index (χ2n) is 3.36. The molecule has 1 aromatic carbocycles. The zero-order valence-electron chi connectivity index (χ0n) is 11.2. The number of primary amides is 1. The molecule has 0 fully saturated rings. The van der Waals surface area contributed by atoms with E-state index in [0.29, 0.717) is 0 Å². The number of aromatic nitrogens is 2. The van der Waals surface area contributed by atoms with Crippen LogP contribution in [-0.4, -0.2) is 21.8 Å². The summed E-state index contributed by atoms with van der Waals surface area (Å²) < 4.78 is 0. The molecule has 2 aromatic rings. The van der Waals surface area contributed by atoms with Gasteiger partial charge in [-0.25, -0.2) is 4.98 Å². The number of carboxylic acids is 1. The fraction of sp³-hybridized carbons (Fsp3) is 0. The van der Waals surface area contributed by atoms with Crippen molar-refractivity contribution in [2.45, 2.75) is 0 Å². The van der Waals surface area contributed by atoms with E-state index in [2.05, 4.69) is 14.8 Å². The SMILES string of the molecule is NC(=O)c1cnccn1.NOc1ccccc1C(=O)[O-].[Na+]. The monoisotopic (exact) mass is 298 g/mol. The first-order valence-electron chi connectivity index (χ1n) is 5.29. The van der Waals surface area contributed by atoms with E-state index in [0.717, 1.165) is 0 Å². The van der Waals surface area contributed by atoms with Gasteiger partial charge in [0.1, 0.15) is 5.69 Å². The van der Waals surface area contributed by atoms with Crippen LogP contribution in [0.25, 0.3) is 0 Å². The molecule has 0 aliphatic rings. The maximum absolute atomic E-state index is 10.3. The Bertz CT molecular complexity index is 595. The summed E-state index contributed by atoms with van der Waals surface area (Å²) in [6, 6.07) is 5.99. The van der Waals surface area contributed by atoms with Crippen LogP contribution in [0.5, 0.6) is 5.75 Å². The zero-order valence-corrected chi connectivity index (χ0v) is 13.2. The number of nitrogens with zero attached hydrogens (tertiary/aromatic N) is 2. The summed E-state index contributed by atoms with van der Waals surface area (Å²) in [7, 11) is 0. The van der Waals surface area contributed by atoms with Crippen molar-refractivity contribution in [3.63, 3.8) is 0 Å². The van der Waals surface area contributed by atoms with Crippen LogP contribution < -0.4 is 51.1 Å². The maximum atomic E-state index is 10.3. The van der Waals surface area contributed by atoms with Crippen molar-refractivity contribution in [3.05, 3.63) is 54.1 Å². The van der Waals surface area contributed by atoms with Gasteiger partial charge in [0, 0.05) is 18.0 Å². The van der Waals surface area contributed by atoms with Crippen LogP contribution in [0.4, 0.5) is 0 Å². The summed E-state index contributed by atoms with van der Waals surface area (Å²) in [4.78, 5) is 32.2. The van der Waals surface area contributed by atoms with Crippen LogP contribution >= 0.6 is 0 Å². The summed E-state index contributed by atoms with van der Waals surface area (Å²) >= 11 is 0. The first-order chi connectivity index (χ1) is 9.56. The summed E-state index contributed by atoms with van der Waals surface area (Å²) in [5, 5.41) is 10.3. The Morgan fingerprint density at radius 1 is 1.19 bits per heavy atom. The Hall–Kier alpha value is -2.00. The number of benzene rings is 1. The third kappa shape index (κ3) is 6.32. The number of amides is 1. The van der Waals surface area contributed by atoms with Crippen molar-refractivity contribution in [2.24, 2.45) is 11.6 Å². The predicted molar refractivity (Wildman–Crippen MR) is 66.1 cm³/mol. The number of nitrogens with two attached hydrogens (primary N) is 2. The van der Waals surface area contributed by atoms with Crippen molar-refractivity contribution >= 4 is 11.9 Å². The molecule has 0 spiro atoms. The van der Waals surface area contributed by atoms with E-state index in [4.69, 9.17) is 11.6 Å². The molecular weight excluding hydrogens is 287 g/mol. The molecule has 0 radical (unpaired) electrons. The van der Waals surface area contributed by atoms with Crippen LogP contribution in [-0.2, 0) is 0 Å². The molecule has 4 N–H and O–H groups in total. The van der Waals surface area contributed by atoms with Gasteiger partial charge in [-0.15, -0.1) is 0 Å². The standard InChI is InChI=1S/C7H7NO3.C5H5N3O.Na/c8-11-6-4-2-1-3-5(6)7(9)10;6-5(9)4-3-7-1-2-8-4;/h1-4H,8H2,(H,9,10);1-3H,(H2,6,9);/q;;+1/p-1.